The van der Waals surface area contributed by atoms with E-state index < -0.39 is 50.2 Å². The summed E-state index contributed by atoms with van der Waals surface area (Å²) in [6, 6.07) is 3.65. The molecule has 1 aromatic carbocycles. The van der Waals surface area contributed by atoms with Gasteiger partial charge < -0.3 is 9.88 Å². The normalized spacial score (nSPS) is 15.2. The van der Waals surface area contributed by atoms with Crippen LogP contribution in [-0.2, 0) is 34.1 Å². The van der Waals surface area contributed by atoms with Gasteiger partial charge in [0.2, 0.25) is 0 Å². The van der Waals surface area contributed by atoms with E-state index in [0.717, 1.165) is 12.3 Å². The quantitative estimate of drug-likeness (QED) is 0.318. The van der Waals surface area contributed by atoms with Crippen LogP contribution in [-0.4, -0.2) is 39.2 Å². The Morgan fingerprint density at radius 3 is 2.70 bits per heavy atom. The molecule has 1 aliphatic rings. The molecule has 40 heavy (non-hydrogen) atoms. The van der Waals surface area contributed by atoms with Crippen molar-refractivity contribution in [3.05, 3.63) is 80.1 Å². The van der Waals surface area contributed by atoms with E-state index in [-0.39, 0.29) is 34.8 Å². The van der Waals surface area contributed by atoms with Gasteiger partial charge in [0.1, 0.15) is 11.4 Å². The lowest BCUT2D eigenvalue weighted by Gasteiger charge is -2.18. The monoisotopic (exact) mass is 578 g/mol. The van der Waals surface area contributed by atoms with Crippen molar-refractivity contribution in [3.63, 3.8) is 0 Å². The van der Waals surface area contributed by atoms with E-state index >= 15 is 4.39 Å². The third kappa shape index (κ3) is 5.46. The van der Waals surface area contributed by atoms with E-state index in [1.54, 1.807) is 18.1 Å². The van der Waals surface area contributed by atoms with Crippen LogP contribution in [0.25, 0.3) is 22.2 Å². The molecule has 10 nitrogen and oxygen atoms in total. The van der Waals surface area contributed by atoms with Crippen LogP contribution < -0.4 is 16.4 Å². The van der Waals surface area contributed by atoms with Crippen molar-refractivity contribution in [2.75, 3.05) is 5.32 Å². The van der Waals surface area contributed by atoms with E-state index in [4.69, 9.17) is 0 Å². The van der Waals surface area contributed by atoms with Crippen molar-refractivity contribution in [2.24, 2.45) is 0 Å². The molecule has 0 aliphatic carbocycles. The zero-order chi connectivity index (χ0) is 28.8. The van der Waals surface area contributed by atoms with Gasteiger partial charge in [-0.25, -0.2) is 27.9 Å². The van der Waals surface area contributed by atoms with Crippen LogP contribution in [0.15, 0.2) is 46.4 Å². The Labute approximate surface area is 224 Å². The standard InChI is InChI=1S/C25H22F4N6O4S/c1-13(32-19-10-31-34-23(36)21(19)25(27,28)29)3-2-5-35-6-4-14-7-17(18(26)8-16(14)24(35)37)22-30-9-15-11-40(38,39)12-20(15)33-22/h4,6-10,13H,2-3,5,11-12H2,1H3,(H2,32,34,36)/t13-/m0/s1. The highest BCUT2D eigenvalue weighted by atomic mass is 32.2. The molecule has 3 aromatic heterocycles. The third-order valence-electron chi connectivity index (χ3n) is 6.57. The number of benzene rings is 1. The average Bonchev–Trinajstić information content (AvgIpc) is 3.17. The number of aromatic amines is 1. The van der Waals surface area contributed by atoms with E-state index in [1.165, 1.54) is 23.0 Å². The second-order valence-corrected chi connectivity index (χ2v) is 11.7. The van der Waals surface area contributed by atoms with Crippen LogP contribution in [0.5, 0.6) is 0 Å². The minimum absolute atomic E-state index is 0.0187. The highest BCUT2D eigenvalue weighted by Crippen LogP contribution is 2.32. The Hall–Kier alpha value is -4.14. The molecule has 210 valence electrons. The van der Waals surface area contributed by atoms with Crippen LogP contribution in [0.1, 0.15) is 36.6 Å². The summed E-state index contributed by atoms with van der Waals surface area (Å²) in [5.74, 6) is -1.12. The number of hydrogen-bond donors (Lipinski definition) is 2. The number of hydrogen-bond acceptors (Lipinski definition) is 8. The number of sulfone groups is 1. The van der Waals surface area contributed by atoms with Crippen LogP contribution in [0.4, 0.5) is 23.2 Å². The molecule has 0 spiro atoms. The van der Waals surface area contributed by atoms with Gasteiger partial charge in [-0.15, -0.1) is 0 Å². The first-order valence-corrected chi connectivity index (χ1v) is 13.9. The van der Waals surface area contributed by atoms with Crippen molar-refractivity contribution in [2.45, 2.75) is 50.0 Å². The highest BCUT2D eigenvalue weighted by Gasteiger charge is 2.37. The van der Waals surface area contributed by atoms with Gasteiger partial charge in [-0.2, -0.15) is 18.3 Å². The predicted octanol–water partition coefficient (Wildman–Crippen LogP) is 3.41. The molecule has 1 aliphatic heterocycles. The van der Waals surface area contributed by atoms with Gasteiger partial charge in [0.05, 0.1) is 40.0 Å². The van der Waals surface area contributed by atoms with E-state index in [0.29, 0.717) is 29.5 Å². The van der Waals surface area contributed by atoms with Gasteiger partial charge in [-0.3, -0.25) is 9.59 Å². The van der Waals surface area contributed by atoms with E-state index in [2.05, 4.69) is 20.4 Å². The summed E-state index contributed by atoms with van der Waals surface area (Å²) in [5.41, 5.74) is -2.77. The number of nitrogens with zero attached hydrogens (tertiary/aromatic N) is 4. The molecule has 5 rings (SSSR count). The van der Waals surface area contributed by atoms with Crippen molar-refractivity contribution >= 4 is 26.3 Å². The van der Waals surface area contributed by atoms with Gasteiger partial charge in [-0.05, 0) is 43.4 Å². The van der Waals surface area contributed by atoms with E-state index in [1.807, 2.05) is 0 Å². The van der Waals surface area contributed by atoms with Crippen molar-refractivity contribution in [1.29, 1.82) is 0 Å². The zero-order valence-corrected chi connectivity index (χ0v) is 21.7. The average molecular weight is 579 g/mol. The van der Waals surface area contributed by atoms with Crippen molar-refractivity contribution in [3.8, 4) is 11.4 Å². The topological polar surface area (TPSA) is 140 Å². The maximum absolute atomic E-state index is 15.1. The molecule has 1 atom stereocenters. The summed E-state index contributed by atoms with van der Waals surface area (Å²) in [7, 11) is -3.30. The van der Waals surface area contributed by atoms with Crippen LogP contribution in [0.3, 0.4) is 0 Å². The Balaban J connectivity index is 1.30. The predicted molar refractivity (Wildman–Crippen MR) is 138 cm³/mol. The lowest BCUT2D eigenvalue weighted by atomic mass is 10.1. The third-order valence-corrected chi connectivity index (χ3v) is 8.03. The Bertz CT molecular complexity index is 1850. The SMILES string of the molecule is C[C@@H](CCCn1ccc2cc(-c3ncc4c(n3)CS(=O)(=O)C4)c(F)cc2c1=O)Nc1cn[nH]c(=O)c1C(F)(F)F. The molecular formula is C25H22F4N6O4S. The zero-order valence-electron chi connectivity index (χ0n) is 20.9. The Morgan fingerprint density at radius 1 is 1.18 bits per heavy atom. The lowest BCUT2D eigenvalue weighted by Crippen LogP contribution is -2.27. The molecule has 0 fully saturated rings. The second-order valence-electron chi connectivity index (χ2n) is 9.60. The Morgan fingerprint density at radius 2 is 1.95 bits per heavy atom. The summed E-state index contributed by atoms with van der Waals surface area (Å²) in [5, 5.41) is 8.40. The van der Waals surface area contributed by atoms with E-state index in [9.17, 15) is 31.2 Å². The second kappa shape index (κ2) is 10.1. The molecule has 0 saturated heterocycles. The molecule has 0 saturated carbocycles. The fraction of sp³-hybridized carbons (Fsp3) is 0.320. The summed E-state index contributed by atoms with van der Waals surface area (Å²) >= 11 is 0. The lowest BCUT2D eigenvalue weighted by molar-refractivity contribution is -0.138. The van der Waals surface area contributed by atoms with Gasteiger partial charge in [-0.1, -0.05) is 0 Å². The number of halogens is 4. The number of nitrogens with one attached hydrogen (secondary N) is 2. The number of fused-ring (bicyclic) bond motifs is 2. The molecule has 0 unspecified atom stereocenters. The van der Waals surface area contributed by atoms with Crippen molar-refractivity contribution < 1.29 is 26.0 Å². The molecule has 4 aromatic rings. The summed E-state index contributed by atoms with van der Waals surface area (Å²) in [4.78, 5) is 33.0. The largest absolute Gasteiger partial charge is 0.423 e. The molecule has 2 N–H and O–H groups in total. The fourth-order valence-corrected chi connectivity index (χ4v) is 6.15. The van der Waals surface area contributed by atoms with Gasteiger partial charge in [0.25, 0.3) is 11.1 Å². The molecule has 4 heterocycles. The van der Waals surface area contributed by atoms with Crippen LogP contribution in [0.2, 0.25) is 0 Å². The summed E-state index contributed by atoms with van der Waals surface area (Å²) in [6.07, 6.45) is -0.317. The fourth-order valence-electron chi connectivity index (χ4n) is 4.66. The number of H-pyrrole nitrogens is 1. The number of alkyl halides is 3. The smallest absolute Gasteiger partial charge is 0.381 e. The summed E-state index contributed by atoms with van der Waals surface area (Å²) < 4.78 is 79.9. The maximum Gasteiger partial charge on any atom is 0.423 e. The number of aryl methyl sites for hydroxylation is 1. The number of aromatic nitrogens is 5. The number of rotatable bonds is 7. The maximum atomic E-state index is 15.1. The number of anilines is 1. The Kier molecular flexibility index (Phi) is 6.94. The van der Waals surface area contributed by atoms with Gasteiger partial charge >= 0.3 is 6.18 Å². The summed E-state index contributed by atoms with van der Waals surface area (Å²) in [6.45, 7) is 1.85. The van der Waals surface area contributed by atoms with Crippen molar-refractivity contribution in [1.82, 2.24) is 24.7 Å². The first-order chi connectivity index (χ1) is 18.8. The number of pyridine rings is 1. The molecular weight excluding hydrogens is 556 g/mol. The minimum atomic E-state index is -4.86. The molecule has 15 heteroatoms. The molecule has 0 bridgehead atoms. The highest BCUT2D eigenvalue weighted by molar-refractivity contribution is 7.90. The minimum Gasteiger partial charge on any atom is -0.381 e. The first kappa shape index (κ1) is 27.4. The molecule has 0 radical (unpaired) electrons. The van der Waals surface area contributed by atoms with Crippen LogP contribution in [0, 0.1) is 5.82 Å². The van der Waals surface area contributed by atoms with Crippen LogP contribution >= 0.6 is 0 Å². The van der Waals surface area contributed by atoms with Gasteiger partial charge in [0.15, 0.2) is 15.7 Å². The molecule has 0 amide bonds. The van der Waals surface area contributed by atoms with Gasteiger partial charge in [0, 0.05) is 30.5 Å². The first-order valence-electron chi connectivity index (χ1n) is 12.1.